The molecule has 2 bridgehead atoms. The number of aliphatic hydroxyl groups excluding tert-OH is 1. The van der Waals surface area contributed by atoms with Gasteiger partial charge >= 0.3 is 0 Å². The number of ether oxygens (including phenoxy) is 1. The number of halogens is 1. The van der Waals surface area contributed by atoms with E-state index < -0.39 is 26.8 Å². The molecule has 3 aliphatic heterocycles. The molecule has 47 heavy (non-hydrogen) atoms. The van der Waals surface area contributed by atoms with Crippen LogP contribution in [0.25, 0.3) is 0 Å². The summed E-state index contributed by atoms with van der Waals surface area (Å²) in [7, 11) is -3.95. The van der Waals surface area contributed by atoms with Gasteiger partial charge < -0.3 is 19.8 Å². The number of amides is 1. The van der Waals surface area contributed by atoms with E-state index in [1.807, 2.05) is 25.1 Å². The highest BCUT2D eigenvalue weighted by molar-refractivity contribution is 7.90. The van der Waals surface area contributed by atoms with Crippen molar-refractivity contribution in [3.63, 3.8) is 0 Å². The minimum atomic E-state index is -3.95. The standard InChI is InChI=1S/C36H50ClN3O6S/c1-24-6-5-15-36(43,23-39-17-14-31(41)21-39)32-12-9-28(32)20-40-16-4-3-7-26-18-30(37)11-8-29(26)22-46-34-13-10-27(19-33(34)40)35(42)38-47(44,45)25(24)2/h8,10-11,13,18-19,24-25,28,31-32,41,43H,3-7,9,12,14-17,20-23H2,1-2H3,(H,38,42)/t24-,25+,28-,31-,32+,36+/m0/s1. The van der Waals surface area contributed by atoms with Crippen LogP contribution in [0.2, 0.25) is 5.02 Å². The number of sulfonamides is 1. The number of aryl methyl sites for hydroxylation is 1. The lowest BCUT2D eigenvalue weighted by atomic mass is 9.62. The molecular formula is C36H50ClN3O6S. The minimum Gasteiger partial charge on any atom is -0.487 e. The number of hydrogen-bond donors (Lipinski definition) is 3. The summed E-state index contributed by atoms with van der Waals surface area (Å²) in [5.74, 6) is 0.0929. The fraction of sp³-hybridized carbons (Fsp3) is 0.639. The molecule has 1 amide bonds. The first kappa shape index (κ1) is 34.5. The highest BCUT2D eigenvalue weighted by Gasteiger charge is 2.48. The zero-order valence-corrected chi connectivity index (χ0v) is 29.2. The van der Waals surface area contributed by atoms with Gasteiger partial charge in [0.05, 0.1) is 22.6 Å². The van der Waals surface area contributed by atoms with E-state index in [4.69, 9.17) is 16.3 Å². The number of fused-ring (bicyclic) bond motifs is 3. The van der Waals surface area contributed by atoms with Gasteiger partial charge in [0.25, 0.3) is 5.91 Å². The lowest BCUT2D eigenvalue weighted by Crippen LogP contribution is -2.56. The van der Waals surface area contributed by atoms with Crippen LogP contribution in [-0.2, 0) is 23.1 Å². The van der Waals surface area contributed by atoms with Crippen molar-refractivity contribution < 1.29 is 28.2 Å². The predicted octanol–water partition coefficient (Wildman–Crippen LogP) is 5.15. The first-order chi connectivity index (χ1) is 22.4. The van der Waals surface area contributed by atoms with Gasteiger partial charge in [0.15, 0.2) is 0 Å². The molecule has 258 valence electrons. The molecule has 2 fully saturated rings. The Morgan fingerprint density at radius 1 is 1.00 bits per heavy atom. The number of carbonyl (C=O) groups excluding carboxylic acids is 1. The number of benzene rings is 2. The molecule has 1 aliphatic carbocycles. The van der Waals surface area contributed by atoms with Crippen LogP contribution in [0.3, 0.4) is 0 Å². The Bertz CT molecular complexity index is 1560. The zero-order valence-electron chi connectivity index (χ0n) is 27.7. The average Bonchev–Trinajstić information content (AvgIpc) is 3.40. The molecule has 3 heterocycles. The Morgan fingerprint density at radius 2 is 1.83 bits per heavy atom. The molecular weight excluding hydrogens is 638 g/mol. The van der Waals surface area contributed by atoms with Gasteiger partial charge in [0.2, 0.25) is 10.0 Å². The van der Waals surface area contributed by atoms with Crippen molar-refractivity contribution in [1.82, 2.24) is 9.62 Å². The largest absolute Gasteiger partial charge is 0.487 e. The number of β-amino-alcohol motifs (C(OH)–C–C–N with tert-alkyl or cyclic N) is 2. The van der Waals surface area contributed by atoms with Gasteiger partial charge in [0, 0.05) is 43.3 Å². The number of likely N-dealkylation sites (tertiary alicyclic amines) is 1. The van der Waals surface area contributed by atoms with Crippen LogP contribution < -0.4 is 14.4 Å². The highest BCUT2D eigenvalue weighted by Crippen LogP contribution is 2.46. The first-order valence-electron chi connectivity index (χ1n) is 17.4. The van der Waals surface area contributed by atoms with Crippen LogP contribution in [0.5, 0.6) is 5.75 Å². The SMILES string of the molecule is C[C@@H]1[C@@H](C)CCC[C@@](O)(CN2CC[C@H](O)C2)[C@@H]2CC[C@H]2CN2CCCCc3cc(Cl)ccc3COc3ccc(cc32)C(=O)NS1(=O)=O. The fourth-order valence-electron chi connectivity index (χ4n) is 8.13. The van der Waals surface area contributed by atoms with E-state index >= 15 is 0 Å². The molecule has 0 aromatic heterocycles. The predicted molar refractivity (Wildman–Crippen MR) is 184 cm³/mol. The van der Waals surface area contributed by atoms with E-state index in [0.29, 0.717) is 62.7 Å². The molecule has 0 spiro atoms. The third-order valence-electron chi connectivity index (χ3n) is 11.3. The second kappa shape index (κ2) is 14.2. The maximum atomic E-state index is 13.5. The van der Waals surface area contributed by atoms with Gasteiger partial charge in [-0.05, 0) is 118 Å². The van der Waals surface area contributed by atoms with E-state index in [2.05, 4.69) is 14.5 Å². The lowest BCUT2D eigenvalue weighted by Gasteiger charge is -2.50. The maximum absolute atomic E-state index is 13.5. The molecule has 1 saturated heterocycles. The monoisotopic (exact) mass is 687 g/mol. The third-order valence-corrected chi connectivity index (χ3v) is 13.5. The molecule has 6 atom stereocenters. The van der Waals surface area contributed by atoms with Crippen molar-refractivity contribution in [2.45, 2.75) is 95.2 Å². The quantitative estimate of drug-likeness (QED) is 0.397. The van der Waals surface area contributed by atoms with E-state index in [0.717, 1.165) is 56.4 Å². The summed E-state index contributed by atoms with van der Waals surface area (Å²) in [5, 5.41) is 22.6. The average molecular weight is 688 g/mol. The maximum Gasteiger partial charge on any atom is 0.264 e. The first-order valence-corrected chi connectivity index (χ1v) is 19.3. The van der Waals surface area contributed by atoms with Gasteiger partial charge in [-0.2, -0.15) is 0 Å². The van der Waals surface area contributed by atoms with Crippen LogP contribution in [0, 0.1) is 17.8 Å². The second-order valence-electron chi connectivity index (χ2n) is 14.6. The molecule has 2 aromatic carbocycles. The van der Waals surface area contributed by atoms with Crippen molar-refractivity contribution in [2.24, 2.45) is 17.8 Å². The van der Waals surface area contributed by atoms with Gasteiger partial charge in [-0.3, -0.25) is 9.69 Å². The summed E-state index contributed by atoms with van der Waals surface area (Å²) < 4.78 is 35.6. The molecule has 0 unspecified atom stereocenters. The summed E-state index contributed by atoms with van der Waals surface area (Å²) >= 11 is 6.35. The van der Waals surface area contributed by atoms with Crippen LogP contribution in [0.4, 0.5) is 5.69 Å². The van der Waals surface area contributed by atoms with Crippen LogP contribution >= 0.6 is 11.6 Å². The Labute approximate surface area is 284 Å². The number of nitrogens with zero attached hydrogens (tertiary/aromatic N) is 2. The molecule has 9 nitrogen and oxygen atoms in total. The van der Waals surface area contributed by atoms with Crippen molar-refractivity contribution in [3.05, 3.63) is 58.1 Å². The lowest BCUT2D eigenvalue weighted by molar-refractivity contribution is -0.104. The Morgan fingerprint density at radius 3 is 2.57 bits per heavy atom. The molecule has 3 N–H and O–H groups in total. The normalized spacial score (nSPS) is 32.1. The van der Waals surface area contributed by atoms with Crippen molar-refractivity contribution in [1.29, 1.82) is 0 Å². The number of rotatable bonds is 2. The molecule has 1 saturated carbocycles. The fourth-order valence-corrected chi connectivity index (χ4v) is 9.64. The van der Waals surface area contributed by atoms with E-state index in [1.165, 1.54) is 5.56 Å². The van der Waals surface area contributed by atoms with Gasteiger partial charge in [-0.25, -0.2) is 13.1 Å². The van der Waals surface area contributed by atoms with Gasteiger partial charge in [0.1, 0.15) is 12.4 Å². The highest BCUT2D eigenvalue weighted by atomic mass is 35.5. The smallest absolute Gasteiger partial charge is 0.264 e. The summed E-state index contributed by atoms with van der Waals surface area (Å²) in [5.41, 5.74) is 2.31. The summed E-state index contributed by atoms with van der Waals surface area (Å²) in [4.78, 5) is 18.0. The molecule has 6 rings (SSSR count). The minimum absolute atomic E-state index is 0.0741. The third kappa shape index (κ3) is 7.77. The number of hydrogen-bond acceptors (Lipinski definition) is 8. The number of aliphatic hydroxyl groups is 2. The van der Waals surface area contributed by atoms with Crippen molar-refractivity contribution in [2.75, 3.05) is 37.6 Å². The van der Waals surface area contributed by atoms with Crippen molar-refractivity contribution >= 4 is 33.2 Å². The van der Waals surface area contributed by atoms with Gasteiger partial charge in [-0.1, -0.05) is 31.0 Å². The second-order valence-corrected chi connectivity index (χ2v) is 17.0. The number of carbonyl (C=O) groups is 1. The Balaban J connectivity index is 1.37. The molecule has 11 heteroatoms. The summed E-state index contributed by atoms with van der Waals surface area (Å²) in [6, 6.07) is 11.1. The van der Waals surface area contributed by atoms with E-state index in [9.17, 15) is 23.4 Å². The van der Waals surface area contributed by atoms with Gasteiger partial charge in [-0.15, -0.1) is 0 Å². The summed E-state index contributed by atoms with van der Waals surface area (Å²) in [6.07, 6.45) is 6.85. The molecule has 4 aliphatic rings. The number of nitrogens with one attached hydrogen (secondary N) is 1. The Kier molecular flexibility index (Phi) is 10.4. The van der Waals surface area contributed by atoms with E-state index in [-0.39, 0.29) is 29.4 Å². The zero-order chi connectivity index (χ0) is 33.3. The van der Waals surface area contributed by atoms with Crippen LogP contribution in [0.15, 0.2) is 36.4 Å². The topological polar surface area (TPSA) is 119 Å². The Hall–Kier alpha value is -2.37. The van der Waals surface area contributed by atoms with Crippen LogP contribution in [0.1, 0.15) is 86.7 Å². The summed E-state index contributed by atoms with van der Waals surface area (Å²) in [6.45, 7) is 7.16. The van der Waals surface area contributed by atoms with Crippen LogP contribution in [-0.4, -0.2) is 79.1 Å². The number of anilines is 1. The molecule has 2 aromatic rings. The van der Waals surface area contributed by atoms with E-state index in [1.54, 1.807) is 25.1 Å². The van der Waals surface area contributed by atoms with Crippen molar-refractivity contribution in [3.8, 4) is 5.75 Å². The molecule has 0 radical (unpaired) electrons.